The molecule has 1 aliphatic rings. The van der Waals surface area contributed by atoms with Crippen LogP contribution in [-0.2, 0) is 20.7 Å². The topological polar surface area (TPSA) is 55.8 Å². The minimum atomic E-state index is -0.496. The van der Waals surface area contributed by atoms with Gasteiger partial charge >= 0.3 is 5.97 Å². The summed E-state index contributed by atoms with van der Waals surface area (Å²) < 4.78 is 23.8. The molecule has 0 saturated carbocycles. The van der Waals surface area contributed by atoms with Crippen LogP contribution in [0.1, 0.15) is 12.5 Å². The molecule has 0 aliphatic carbocycles. The lowest BCUT2D eigenvalue weighted by molar-refractivity contribution is -0.153. The Labute approximate surface area is 161 Å². The summed E-state index contributed by atoms with van der Waals surface area (Å²) >= 11 is 5.98. The molecule has 3 rings (SSSR count). The second-order valence-corrected chi connectivity index (χ2v) is 6.62. The molecule has 2 aromatic rings. The first kappa shape index (κ1) is 19.2. The van der Waals surface area contributed by atoms with Gasteiger partial charge in [-0.3, -0.25) is 9.59 Å². The van der Waals surface area contributed by atoms with E-state index in [0.717, 1.165) is 5.56 Å². The Kier molecular flexibility index (Phi) is 5.96. The molecule has 2 aromatic carbocycles. The van der Waals surface area contributed by atoms with E-state index in [1.807, 2.05) is 0 Å². The van der Waals surface area contributed by atoms with Gasteiger partial charge in [-0.15, -0.1) is 0 Å². The fraction of sp³-hybridized carbons (Fsp3) is 0.300. The van der Waals surface area contributed by atoms with Gasteiger partial charge in [-0.25, -0.2) is 4.39 Å². The standard InChI is InChI=1S/C20H19ClFNO4/c1-2-23(17-6-4-16(22)5-7-17)19(24)12-27-20(25)14-9-13-10-15(21)3-8-18(13)26-11-14/h3-8,10,14H,2,9,11-12H2,1H3/t14-/m1/s1. The molecular weight excluding hydrogens is 373 g/mol. The van der Waals surface area contributed by atoms with Crippen molar-refractivity contribution in [1.29, 1.82) is 0 Å². The summed E-state index contributed by atoms with van der Waals surface area (Å²) in [5.41, 5.74) is 1.38. The number of carbonyl (C=O) groups is 2. The number of amides is 1. The molecule has 1 heterocycles. The monoisotopic (exact) mass is 391 g/mol. The lowest BCUT2D eigenvalue weighted by Crippen LogP contribution is -2.36. The van der Waals surface area contributed by atoms with E-state index in [1.54, 1.807) is 25.1 Å². The molecule has 0 radical (unpaired) electrons. The van der Waals surface area contributed by atoms with E-state index in [4.69, 9.17) is 21.1 Å². The summed E-state index contributed by atoms with van der Waals surface area (Å²) in [6, 6.07) is 10.8. The maximum Gasteiger partial charge on any atom is 0.313 e. The fourth-order valence-corrected chi connectivity index (χ4v) is 3.16. The summed E-state index contributed by atoms with van der Waals surface area (Å²) in [5.74, 6) is -1.05. The van der Waals surface area contributed by atoms with E-state index < -0.39 is 11.9 Å². The molecule has 0 fully saturated rings. The van der Waals surface area contributed by atoms with Crippen molar-refractivity contribution in [2.75, 3.05) is 24.7 Å². The molecule has 5 nitrogen and oxygen atoms in total. The van der Waals surface area contributed by atoms with Gasteiger partial charge in [0, 0.05) is 17.3 Å². The van der Waals surface area contributed by atoms with Crippen molar-refractivity contribution in [2.24, 2.45) is 5.92 Å². The average molecular weight is 392 g/mol. The third kappa shape index (κ3) is 4.57. The summed E-state index contributed by atoms with van der Waals surface area (Å²) in [4.78, 5) is 26.2. The van der Waals surface area contributed by atoms with Gasteiger partial charge in [0.2, 0.25) is 0 Å². The van der Waals surface area contributed by atoms with E-state index >= 15 is 0 Å². The molecule has 1 aliphatic heterocycles. The predicted octanol–water partition coefficient (Wildman–Crippen LogP) is 3.63. The Morgan fingerprint density at radius 1 is 1.26 bits per heavy atom. The minimum Gasteiger partial charge on any atom is -0.492 e. The second-order valence-electron chi connectivity index (χ2n) is 6.19. The number of carbonyl (C=O) groups excluding carboxylic acids is 2. The Bertz CT molecular complexity index is 840. The smallest absolute Gasteiger partial charge is 0.313 e. The Hall–Kier alpha value is -2.60. The summed E-state index contributed by atoms with van der Waals surface area (Å²) in [5, 5.41) is 0.569. The fourth-order valence-electron chi connectivity index (χ4n) is 2.97. The van der Waals surface area contributed by atoms with Crippen molar-refractivity contribution in [3.63, 3.8) is 0 Å². The van der Waals surface area contributed by atoms with Gasteiger partial charge in [-0.2, -0.15) is 0 Å². The molecule has 1 amide bonds. The zero-order valence-electron chi connectivity index (χ0n) is 14.8. The molecule has 1 atom stereocenters. The zero-order valence-corrected chi connectivity index (χ0v) is 15.5. The normalized spacial score (nSPS) is 15.4. The molecule has 142 valence electrons. The summed E-state index contributed by atoms with van der Waals surface area (Å²) in [6.45, 7) is 1.97. The van der Waals surface area contributed by atoms with Crippen molar-refractivity contribution in [3.05, 3.63) is 58.9 Å². The Morgan fingerprint density at radius 2 is 2.00 bits per heavy atom. The van der Waals surface area contributed by atoms with Gasteiger partial charge in [0.05, 0.1) is 5.92 Å². The SMILES string of the molecule is CCN(C(=O)COC(=O)[C@H]1COc2ccc(Cl)cc2C1)c1ccc(F)cc1. The highest BCUT2D eigenvalue weighted by Crippen LogP contribution is 2.30. The Morgan fingerprint density at radius 3 is 2.70 bits per heavy atom. The minimum absolute atomic E-state index is 0.192. The second kappa shape index (κ2) is 8.39. The molecule has 0 N–H and O–H groups in total. The molecule has 0 aromatic heterocycles. The molecule has 7 heteroatoms. The Balaban J connectivity index is 1.58. The molecular formula is C20H19ClFNO4. The van der Waals surface area contributed by atoms with Crippen LogP contribution in [-0.4, -0.2) is 31.6 Å². The van der Waals surface area contributed by atoms with Crippen LogP contribution in [0.5, 0.6) is 5.75 Å². The van der Waals surface area contributed by atoms with Crippen LogP contribution in [0.4, 0.5) is 10.1 Å². The summed E-state index contributed by atoms with van der Waals surface area (Å²) in [7, 11) is 0. The lowest BCUT2D eigenvalue weighted by Gasteiger charge is -2.25. The van der Waals surface area contributed by atoms with Crippen molar-refractivity contribution < 1.29 is 23.5 Å². The predicted molar refractivity (Wildman–Crippen MR) is 99.5 cm³/mol. The van der Waals surface area contributed by atoms with E-state index in [9.17, 15) is 14.0 Å². The maximum atomic E-state index is 13.1. The first-order chi connectivity index (χ1) is 13.0. The van der Waals surface area contributed by atoms with Crippen LogP contribution in [0.25, 0.3) is 0 Å². The van der Waals surface area contributed by atoms with Crippen molar-refractivity contribution in [1.82, 2.24) is 0 Å². The highest BCUT2D eigenvalue weighted by atomic mass is 35.5. The number of hydrogen-bond acceptors (Lipinski definition) is 4. The van der Waals surface area contributed by atoms with Gasteiger partial charge < -0.3 is 14.4 Å². The van der Waals surface area contributed by atoms with Crippen LogP contribution in [0.3, 0.4) is 0 Å². The third-order valence-electron chi connectivity index (χ3n) is 4.36. The quantitative estimate of drug-likeness (QED) is 0.730. The van der Waals surface area contributed by atoms with Gasteiger partial charge in [-0.05, 0) is 61.4 Å². The number of halogens is 2. The van der Waals surface area contributed by atoms with Crippen LogP contribution in [0.2, 0.25) is 5.02 Å². The number of benzene rings is 2. The average Bonchev–Trinajstić information content (AvgIpc) is 2.67. The number of nitrogens with zero attached hydrogens (tertiary/aromatic N) is 1. The lowest BCUT2D eigenvalue weighted by atomic mass is 9.97. The van der Waals surface area contributed by atoms with Gasteiger partial charge in [-0.1, -0.05) is 11.6 Å². The molecule has 0 bridgehead atoms. The van der Waals surface area contributed by atoms with Gasteiger partial charge in [0.15, 0.2) is 6.61 Å². The van der Waals surface area contributed by atoms with Crippen molar-refractivity contribution in [3.8, 4) is 5.75 Å². The van der Waals surface area contributed by atoms with E-state index in [-0.39, 0.29) is 24.9 Å². The number of rotatable bonds is 5. The summed E-state index contributed by atoms with van der Waals surface area (Å²) in [6.07, 6.45) is 0.443. The number of esters is 1. The van der Waals surface area contributed by atoms with Gasteiger partial charge in [0.25, 0.3) is 5.91 Å². The largest absolute Gasteiger partial charge is 0.492 e. The van der Waals surface area contributed by atoms with E-state index in [0.29, 0.717) is 29.4 Å². The van der Waals surface area contributed by atoms with Crippen LogP contribution in [0, 0.1) is 11.7 Å². The van der Waals surface area contributed by atoms with Crippen molar-refractivity contribution >= 4 is 29.2 Å². The third-order valence-corrected chi connectivity index (χ3v) is 4.59. The van der Waals surface area contributed by atoms with Crippen LogP contribution in [0.15, 0.2) is 42.5 Å². The highest BCUT2D eigenvalue weighted by Gasteiger charge is 2.28. The van der Waals surface area contributed by atoms with E-state index in [2.05, 4.69) is 0 Å². The first-order valence-electron chi connectivity index (χ1n) is 8.61. The first-order valence-corrected chi connectivity index (χ1v) is 8.99. The maximum absolute atomic E-state index is 13.1. The number of likely N-dealkylation sites (N-methyl/N-ethyl adjacent to an activating group) is 1. The number of anilines is 1. The van der Waals surface area contributed by atoms with Gasteiger partial charge in [0.1, 0.15) is 18.2 Å². The zero-order chi connectivity index (χ0) is 19.4. The van der Waals surface area contributed by atoms with Crippen molar-refractivity contribution in [2.45, 2.75) is 13.3 Å². The van der Waals surface area contributed by atoms with E-state index in [1.165, 1.54) is 29.2 Å². The highest BCUT2D eigenvalue weighted by molar-refractivity contribution is 6.30. The number of hydrogen-bond donors (Lipinski definition) is 0. The number of fused-ring (bicyclic) bond motifs is 1. The molecule has 0 spiro atoms. The number of ether oxygens (including phenoxy) is 2. The van der Waals surface area contributed by atoms with Crippen LogP contribution < -0.4 is 9.64 Å². The molecule has 27 heavy (non-hydrogen) atoms. The van der Waals surface area contributed by atoms with Crippen LogP contribution >= 0.6 is 11.6 Å². The molecule has 0 saturated heterocycles. The molecule has 0 unspecified atom stereocenters.